The summed E-state index contributed by atoms with van der Waals surface area (Å²) >= 11 is 0. The van der Waals surface area contributed by atoms with Crippen molar-refractivity contribution in [3.8, 4) is 6.07 Å². The minimum absolute atomic E-state index is 0.0810. The number of anilines is 1. The summed E-state index contributed by atoms with van der Waals surface area (Å²) in [6.45, 7) is 3.85. The van der Waals surface area contributed by atoms with Crippen LogP contribution in [0.5, 0.6) is 0 Å². The highest BCUT2D eigenvalue weighted by Crippen LogP contribution is 2.30. The Kier molecular flexibility index (Phi) is 5.45. The second-order valence-electron chi connectivity index (χ2n) is 7.43. The Morgan fingerprint density at radius 3 is 2.50 bits per heavy atom. The van der Waals surface area contributed by atoms with E-state index in [1.807, 2.05) is 6.07 Å². The summed E-state index contributed by atoms with van der Waals surface area (Å²) in [5.74, 6) is -3.11. The van der Waals surface area contributed by atoms with Crippen LogP contribution in [0.2, 0.25) is 0 Å². The summed E-state index contributed by atoms with van der Waals surface area (Å²) < 4.78 is 43.2. The van der Waals surface area contributed by atoms with E-state index in [1.165, 1.54) is 41.3 Å². The molecule has 32 heavy (non-hydrogen) atoms. The lowest BCUT2D eigenvalue weighted by molar-refractivity contribution is -0.129. The number of fused-ring (bicyclic) bond motifs is 1. The van der Waals surface area contributed by atoms with E-state index in [9.17, 15) is 28.0 Å². The third-order valence-corrected chi connectivity index (χ3v) is 5.40. The highest BCUT2D eigenvalue weighted by Gasteiger charge is 2.31. The number of carbonyl (C=O) groups is 1. The van der Waals surface area contributed by atoms with Gasteiger partial charge in [-0.1, -0.05) is 18.7 Å². The van der Waals surface area contributed by atoms with E-state index < -0.39 is 23.0 Å². The Hall–Kier alpha value is -4.06. The number of amides is 1. The lowest BCUT2D eigenvalue weighted by Gasteiger charge is -2.39. The largest absolute Gasteiger partial charge is 0.377 e. The Bertz CT molecular complexity index is 1340. The van der Waals surface area contributed by atoms with Crippen molar-refractivity contribution in [2.75, 3.05) is 18.4 Å². The van der Waals surface area contributed by atoms with E-state index in [-0.39, 0.29) is 40.6 Å². The van der Waals surface area contributed by atoms with E-state index in [0.717, 1.165) is 10.6 Å². The average molecular weight is 438 g/mol. The maximum absolute atomic E-state index is 14.9. The molecule has 0 atom stereocenters. The number of hydrogen-bond acceptors (Lipinski definition) is 4. The zero-order valence-corrected chi connectivity index (χ0v) is 16.7. The van der Waals surface area contributed by atoms with Crippen LogP contribution < -0.4 is 10.9 Å². The Balaban J connectivity index is 1.84. The van der Waals surface area contributed by atoms with Gasteiger partial charge in [0.25, 0.3) is 5.56 Å². The average Bonchev–Trinajstić information content (AvgIpc) is 2.76. The molecule has 6 nitrogen and oxygen atoms in total. The van der Waals surface area contributed by atoms with E-state index in [0.29, 0.717) is 18.7 Å². The summed E-state index contributed by atoms with van der Waals surface area (Å²) in [6, 6.07) is 9.00. The van der Waals surface area contributed by atoms with E-state index in [2.05, 4.69) is 11.9 Å². The second-order valence-corrected chi connectivity index (χ2v) is 7.43. The maximum atomic E-state index is 14.9. The third kappa shape index (κ3) is 3.60. The van der Waals surface area contributed by atoms with Gasteiger partial charge in [0.15, 0.2) is 11.6 Å². The van der Waals surface area contributed by atoms with Crippen LogP contribution in [0.25, 0.3) is 10.9 Å². The molecule has 3 aromatic rings. The molecule has 1 aromatic heterocycles. The van der Waals surface area contributed by atoms with Crippen LogP contribution in [-0.4, -0.2) is 34.5 Å². The minimum Gasteiger partial charge on any atom is -0.377 e. The topological polar surface area (TPSA) is 78.1 Å². The zero-order valence-electron chi connectivity index (χ0n) is 16.7. The van der Waals surface area contributed by atoms with Crippen LogP contribution >= 0.6 is 0 Å². The Morgan fingerprint density at radius 1 is 1.19 bits per heavy atom. The quantitative estimate of drug-likeness (QED) is 0.621. The second kappa shape index (κ2) is 8.23. The predicted molar refractivity (Wildman–Crippen MR) is 113 cm³/mol. The number of rotatable bonds is 5. The van der Waals surface area contributed by atoms with Crippen LogP contribution in [0.4, 0.5) is 18.9 Å². The fourth-order valence-electron chi connectivity index (χ4n) is 3.74. The van der Waals surface area contributed by atoms with Gasteiger partial charge >= 0.3 is 0 Å². The van der Waals surface area contributed by atoms with Gasteiger partial charge in [-0.3, -0.25) is 14.2 Å². The molecule has 2 aromatic carbocycles. The van der Waals surface area contributed by atoms with Crippen LogP contribution in [0.1, 0.15) is 11.1 Å². The number of nitriles is 1. The molecule has 1 N–H and O–H groups in total. The molecule has 0 saturated carbocycles. The van der Waals surface area contributed by atoms with Gasteiger partial charge in [-0.25, -0.2) is 13.2 Å². The smallest absolute Gasteiger partial charge is 0.271 e. The van der Waals surface area contributed by atoms with Crippen molar-refractivity contribution in [1.82, 2.24) is 9.47 Å². The van der Waals surface area contributed by atoms with Gasteiger partial charge in [0.2, 0.25) is 5.91 Å². The molecular formula is C23H17F3N4O2. The number of halogens is 3. The van der Waals surface area contributed by atoms with Crippen molar-refractivity contribution >= 4 is 22.5 Å². The van der Waals surface area contributed by atoms with Crippen LogP contribution in [0, 0.1) is 28.8 Å². The van der Waals surface area contributed by atoms with Gasteiger partial charge in [-0.15, -0.1) is 0 Å². The number of pyridine rings is 1. The van der Waals surface area contributed by atoms with Gasteiger partial charge in [-0.05, 0) is 35.9 Å². The molecule has 2 heterocycles. The van der Waals surface area contributed by atoms with Gasteiger partial charge < -0.3 is 10.2 Å². The predicted octanol–water partition coefficient (Wildman–Crippen LogP) is 3.15. The van der Waals surface area contributed by atoms with E-state index >= 15 is 0 Å². The van der Waals surface area contributed by atoms with Gasteiger partial charge in [0, 0.05) is 18.5 Å². The Morgan fingerprint density at radius 2 is 1.88 bits per heavy atom. The first-order valence-electron chi connectivity index (χ1n) is 9.71. The number of likely N-dealkylation sites (tertiary alicyclic amines) is 1. The highest BCUT2D eigenvalue weighted by atomic mass is 19.2. The van der Waals surface area contributed by atoms with E-state index in [1.54, 1.807) is 0 Å². The van der Waals surface area contributed by atoms with Gasteiger partial charge in [0.05, 0.1) is 23.8 Å². The summed E-state index contributed by atoms with van der Waals surface area (Å²) in [4.78, 5) is 26.3. The molecule has 1 aliphatic rings. The molecule has 1 saturated heterocycles. The molecule has 1 amide bonds. The van der Waals surface area contributed by atoms with E-state index in [4.69, 9.17) is 0 Å². The monoisotopic (exact) mass is 438 g/mol. The molecule has 1 fully saturated rings. The van der Waals surface area contributed by atoms with Crippen molar-refractivity contribution in [3.05, 3.63) is 88.0 Å². The molecule has 9 heteroatoms. The van der Waals surface area contributed by atoms with Crippen molar-refractivity contribution < 1.29 is 18.0 Å². The summed E-state index contributed by atoms with van der Waals surface area (Å²) in [5.41, 5.74) is -0.828. The molecule has 0 spiro atoms. The molecule has 0 bridgehead atoms. The number of aromatic nitrogens is 1. The molecule has 1 aliphatic heterocycles. The SMILES string of the molecule is C=CC(=O)N1CC(Nc2c(C#N)c(=O)n(Cc3ccc(F)cc3)c3c(F)c(F)ccc23)C1. The lowest BCUT2D eigenvalue weighted by atomic mass is 10.0. The summed E-state index contributed by atoms with van der Waals surface area (Å²) in [5, 5.41) is 12.9. The van der Waals surface area contributed by atoms with Gasteiger partial charge in [-0.2, -0.15) is 5.26 Å². The lowest BCUT2D eigenvalue weighted by Crippen LogP contribution is -2.56. The summed E-state index contributed by atoms with van der Waals surface area (Å²) in [7, 11) is 0. The van der Waals surface area contributed by atoms with Crippen molar-refractivity contribution in [1.29, 1.82) is 5.26 Å². The third-order valence-electron chi connectivity index (χ3n) is 5.40. The fraction of sp³-hybridized carbons (Fsp3) is 0.174. The number of hydrogen-bond donors (Lipinski definition) is 1. The summed E-state index contributed by atoms with van der Waals surface area (Å²) in [6.07, 6.45) is 1.18. The first-order chi connectivity index (χ1) is 15.3. The number of carbonyl (C=O) groups excluding carboxylic acids is 1. The minimum atomic E-state index is -1.23. The molecule has 0 unspecified atom stereocenters. The molecule has 0 aliphatic carbocycles. The van der Waals surface area contributed by atoms with Crippen molar-refractivity contribution in [2.24, 2.45) is 0 Å². The molecule has 0 radical (unpaired) electrons. The molecular weight excluding hydrogens is 421 g/mol. The van der Waals surface area contributed by atoms with Crippen molar-refractivity contribution in [3.63, 3.8) is 0 Å². The van der Waals surface area contributed by atoms with Crippen LogP contribution in [0.3, 0.4) is 0 Å². The molecule has 162 valence electrons. The van der Waals surface area contributed by atoms with Gasteiger partial charge in [0.1, 0.15) is 17.4 Å². The number of nitrogens with one attached hydrogen (secondary N) is 1. The van der Waals surface area contributed by atoms with Crippen LogP contribution in [0.15, 0.2) is 53.8 Å². The highest BCUT2D eigenvalue weighted by molar-refractivity contribution is 5.95. The standard InChI is InChI=1S/C23H17F3N4O2/c1-2-19(31)29-11-15(12-29)28-21-16-7-8-18(25)20(26)22(16)30(23(32)17(21)9-27)10-13-3-5-14(24)6-4-13/h2-8,15,28H,1,10-12H2. The van der Waals surface area contributed by atoms with Crippen LogP contribution in [-0.2, 0) is 11.3 Å². The first-order valence-corrected chi connectivity index (χ1v) is 9.71. The number of nitrogens with zero attached hydrogens (tertiary/aromatic N) is 3. The van der Waals surface area contributed by atoms with Crippen molar-refractivity contribution in [2.45, 2.75) is 12.6 Å². The molecule has 4 rings (SSSR count). The maximum Gasteiger partial charge on any atom is 0.271 e. The first kappa shape index (κ1) is 21.2. The normalized spacial score (nSPS) is 13.5. The zero-order chi connectivity index (χ0) is 23.0. The Labute approximate surface area is 180 Å². The number of benzene rings is 2. The fourth-order valence-corrected chi connectivity index (χ4v) is 3.74.